The maximum absolute atomic E-state index is 12.4. The molecule has 29 heavy (non-hydrogen) atoms. The predicted molar refractivity (Wildman–Crippen MR) is 110 cm³/mol. The Bertz CT molecular complexity index is 966. The van der Waals surface area contributed by atoms with Crippen molar-refractivity contribution in [3.05, 3.63) is 36.7 Å². The maximum atomic E-state index is 12.4. The minimum atomic E-state index is -3.55. The third kappa shape index (κ3) is 5.07. The lowest BCUT2D eigenvalue weighted by Gasteiger charge is -2.15. The van der Waals surface area contributed by atoms with Crippen LogP contribution < -0.4 is 26.2 Å². The van der Waals surface area contributed by atoms with E-state index in [-0.39, 0.29) is 34.8 Å². The fourth-order valence-corrected chi connectivity index (χ4v) is 3.98. The summed E-state index contributed by atoms with van der Waals surface area (Å²) in [6.45, 7) is 6.03. The van der Waals surface area contributed by atoms with Crippen molar-refractivity contribution in [3.63, 3.8) is 0 Å². The molecule has 0 radical (unpaired) electrons. The van der Waals surface area contributed by atoms with E-state index in [1.54, 1.807) is 19.1 Å². The molecule has 3 unspecified atom stereocenters. The summed E-state index contributed by atoms with van der Waals surface area (Å²) in [5.74, 6) is 0.256. The number of anilines is 3. The first-order chi connectivity index (χ1) is 13.8. The Labute approximate surface area is 169 Å². The largest absolute Gasteiger partial charge is 0.324 e. The second-order valence-corrected chi connectivity index (χ2v) is 8.62. The van der Waals surface area contributed by atoms with Gasteiger partial charge in [-0.05, 0) is 31.0 Å². The van der Waals surface area contributed by atoms with Gasteiger partial charge in [0.05, 0.1) is 23.0 Å². The summed E-state index contributed by atoms with van der Waals surface area (Å²) in [6, 6.07) is 6.20. The topological polar surface area (TPSA) is 137 Å². The highest BCUT2D eigenvalue weighted by Gasteiger charge is 2.34. The number of benzene rings is 1. The van der Waals surface area contributed by atoms with Crippen LogP contribution in [-0.4, -0.2) is 42.9 Å². The van der Waals surface area contributed by atoms with Gasteiger partial charge < -0.3 is 10.6 Å². The Kier molecular flexibility index (Phi) is 6.42. The molecule has 0 saturated carbocycles. The van der Waals surface area contributed by atoms with Crippen LogP contribution in [0.3, 0.4) is 0 Å². The smallest absolute Gasteiger partial charge is 0.243 e. The van der Waals surface area contributed by atoms with Crippen LogP contribution >= 0.6 is 0 Å². The van der Waals surface area contributed by atoms with Crippen LogP contribution in [0.1, 0.15) is 20.8 Å². The minimum Gasteiger partial charge on any atom is -0.324 e. The van der Waals surface area contributed by atoms with E-state index in [1.807, 2.05) is 13.8 Å². The Morgan fingerprint density at radius 2 is 1.86 bits per heavy atom. The van der Waals surface area contributed by atoms with Gasteiger partial charge in [0.15, 0.2) is 0 Å². The van der Waals surface area contributed by atoms with Crippen LogP contribution in [0, 0.1) is 5.92 Å². The summed E-state index contributed by atoms with van der Waals surface area (Å²) in [4.78, 5) is 20.9. The summed E-state index contributed by atoms with van der Waals surface area (Å²) in [5, 5.41) is 5.74. The number of sulfonamides is 1. The standard InChI is InChI=1S/C18H25N7O3S/c1-4-21-29(27,28)15-7-5-6-13(8-15)23-18-19-9-14(10-20-18)22-17(26)16-11(2)12(3)24-25-16/h5-12,16,21,24-25H,4H2,1-3H3,(H,22,26)(H,19,20,23). The fourth-order valence-electron chi connectivity index (χ4n) is 2.90. The van der Waals surface area contributed by atoms with Gasteiger partial charge in [-0.3, -0.25) is 10.2 Å². The average molecular weight is 420 g/mol. The second kappa shape index (κ2) is 8.82. The Balaban J connectivity index is 1.65. The molecule has 1 aromatic carbocycles. The van der Waals surface area contributed by atoms with Crippen LogP contribution in [0.2, 0.25) is 0 Å². The molecule has 0 bridgehead atoms. The van der Waals surface area contributed by atoms with Gasteiger partial charge in [0, 0.05) is 18.3 Å². The van der Waals surface area contributed by atoms with E-state index in [4.69, 9.17) is 0 Å². The van der Waals surface area contributed by atoms with Gasteiger partial charge in [-0.15, -0.1) is 0 Å². The van der Waals surface area contributed by atoms with E-state index in [2.05, 4.69) is 36.2 Å². The van der Waals surface area contributed by atoms with Gasteiger partial charge in [0.2, 0.25) is 21.9 Å². The monoisotopic (exact) mass is 419 g/mol. The van der Waals surface area contributed by atoms with Gasteiger partial charge in [-0.2, -0.15) is 0 Å². The van der Waals surface area contributed by atoms with Crippen LogP contribution in [0.25, 0.3) is 0 Å². The van der Waals surface area contributed by atoms with Crippen molar-refractivity contribution in [1.29, 1.82) is 0 Å². The quantitative estimate of drug-likeness (QED) is 0.447. The first-order valence-electron chi connectivity index (χ1n) is 9.31. The lowest BCUT2D eigenvalue weighted by molar-refractivity contribution is -0.118. The molecule has 0 spiro atoms. The van der Waals surface area contributed by atoms with E-state index in [9.17, 15) is 13.2 Å². The van der Waals surface area contributed by atoms with Crippen molar-refractivity contribution in [2.45, 2.75) is 37.8 Å². The van der Waals surface area contributed by atoms with Crippen LogP contribution in [-0.2, 0) is 14.8 Å². The molecule has 1 saturated heterocycles. The molecular weight excluding hydrogens is 394 g/mol. The molecule has 0 aliphatic carbocycles. The number of nitrogens with zero attached hydrogens (tertiary/aromatic N) is 2. The van der Waals surface area contributed by atoms with Gasteiger partial charge in [-0.25, -0.2) is 28.5 Å². The average Bonchev–Trinajstić information content (AvgIpc) is 3.02. The van der Waals surface area contributed by atoms with E-state index < -0.39 is 10.0 Å². The Morgan fingerprint density at radius 1 is 1.14 bits per heavy atom. The number of hydrogen-bond acceptors (Lipinski definition) is 8. The highest BCUT2D eigenvalue weighted by atomic mass is 32.2. The zero-order valence-corrected chi connectivity index (χ0v) is 17.2. The van der Waals surface area contributed by atoms with Gasteiger partial charge in [0.25, 0.3) is 0 Å². The molecule has 1 aliphatic rings. The molecule has 156 valence electrons. The molecule has 1 fully saturated rings. The molecule has 2 heterocycles. The summed E-state index contributed by atoms with van der Waals surface area (Å²) in [5.41, 5.74) is 7.03. The lowest BCUT2D eigenvalue weighted by Crippen LogP contribution is -2.41. The Hall–Kier alpha value is -2.60. The third-order valence-electron chi connectivity index (χ3n) is 4.72. The van der Waals surface area contributed by atoms with E-state index >= 15 is 0 Å². The number of carbonyl (C=O) groups excluding carboxylic acids is 1. The second-order valence-electron chi connectivity index (χ2n) is 6.85. The first-order valence-corrected chi connectivity index (χ1v) is 10.8. The zero-order chi connectivity index (χ0) is 21.0. The molecule has 5 N–H and O–H groups in total. The van der Waals surface area contributed by atoms with E-state index in [0.717, 1.165) is 0 Å². The van der Waals surface area contributed by atoms with Crippen LogP contribution in [0.4, 0.5) is 17.3 Å². The Morgan fingerprint density at radius 3 is 2.48 bits per heavy atom. The van der Waals surface area contributed by atoms with Crippen LogP contribution in [0.5, 0.6) is 0 Å². The van der Waals surface area contributed by atoms with Crippen LogP contribution in [0.15, 0.2) is 41.6 Å². The summed E-state index contributed by atoms with van der Waals surface area (Å²) in [7, 11) is -3.55. The number of aromatic nitrogens is 2. The first kappa shape index (κ1) is 21.1. The van der Waals surface area contributed by atoms with E-state index in [1.165, 1.54) is 24.5 Å². The number of amides is 1. The predicted octanol–water partition coefficient (Wildman–Crippen LogP) is 0.958. The fraction of sp³-hybridized carbons (Fsp3) is 0.389. The molecule has 2 aromatic rings. The highest BCUT2D eigenvalue weighted by molar-refractivity contribution is 7.89. The SMILES string of the molecule is CCNS(=O)(=O)c1cccc(Nc2ncc(NC(=O)C3NNC(C)C3C)cn2)c1. The zero-order valence-electron chi connectivity index (χ0n) is 16.4. The molecular formula is C18H25N7O3S. The molecule has 3 rings (SSSR count). The highest BCUT2D eigenvalue weighted by Crippen LogP contribution is 2.19. The molecule has 10 nitrogen and oxygen atoms in total. The van der Waals surface area contributed by atoms with Crippen molar-refractivity contribution in [3.8, 4) is 0 Å². The maximum Gasteiger partial charge on any atom is 0.243 e. The van der Waals surface area contributed by atoms with Crippen molar-refractivity contribution in [2.75, 3.05) is 17.2 Å². The molecule has 1 aromatic heterocycles. The number of carbonyl (C=O) groups is 1. The van der Waals surface area contributed by atoms with Crippen molar-refractivity contribution in [2.24, 2.45) is 5.92 Å². The molecule has 3 atom stereocenters. The molecule has 1 amide bonds. The van der Waals surface area contributed by atoms with Crippen molar-refractivity contribution >= 4 is 33.3 Å². The van der Waals surface area contributed by atoms with Gasteiger partial charge >= 0.3 is 0 Å². The number of hydrogen-bond donors (Lipinski definition) is 5. The van der Waals surface area contributed by atoms with Crippen molar-refractivity contribution in [1.82, 2.24) is 25.5 Å². The van der Waals surface area contributed by atoms with Gasteiger partial charge in [0.1, 0.15) is 6.04 Å². The lowest BCUT2D eigenvalue weighted by atomic mass is 9.97. The van der Waals surface area contributed by atoms with E-state index in [0.29, 0.717) is 17.9 Å². The number of nitrogens with one attached hydrogen (secondary N) is 5. The normalized spacial score (nSPS) is 21.7. The summed E-state index contributed by atoms with van der Waals surface area (Å²) in [6.07, 6.45) is 2.98. The molecule has 1 aliphatic heterocycles. The van der Waals surface area contributed by atoms with Gasteiger partial charge in [-0.1, -0.05) is 19.9 Å². The number of rotatable bonds is 7. The number of hydrazine groups is 1. The summed E-state index contributed by atoms with van der Waals surface area (Å²) >= 11 is 0. The third-order valence-corrected chi connectivity index (χ3v) is 6.26. The van der Waals surface area contributed by atoms with Crippen molar-refractivity contribution < 1.29 is 13.2 Å². The summed E-state index contributed by atoms with van der Waals surface area (Å²) < 4.78 is 26.7. The minimum absolute atomic E-state index is 0.141. The molecule has 11 heteroatoms.